The first kappa shape index (κ1) is 8.98. The van der Waals surface area contributed by atoms with Crippen LogP contribution in [-0.4, -0.2) is 4.98 Å². The van der Waals surface area contributed by atoms with Gasteiger partial charge in [0.15, 0.2) is 0 Å². The number of nitrogens with zero attached hydrogens (tertiary/aromatic N) is 1. The molecule has 1 aromatic rings. The molecule has 1 aliphatic rings. The predicted octanol–water partition coefficient (Wildman–Crippen LogP) is 3.07. The predicted molar refractivity (Wildman–Crippen MR) is 52.9 cm³/mol. The Morgan fingerprint density at radius 3 is 2.92 bits per heavy atom. The minimum Gasteiger partial charge on any atom is -0.257 e. The van der Waals surface area contributed by atoms with Crippen molar-refractivity contribution in [2.75, 3.05) is 0 Å². The number of hydrogen-bond acceptors (Lipinski definition) is 1. The molecule has 0 saturated carbocycles. The summed E-state index contributed by atoms with van der Waals surface area (Å²) in [6, 6.07) is 4.14. The minimum atomic E-state index is 1.15. The lowest BCUT2D eigenvalue weighted by Gasteiger charge is -2.06. The van der Waals surface area contributed by atoms with Gasteiger partial charge in [0.1, 0.15) is 0 Å². The number of rotatable bonds is 0. The Labute approximate surface area is 74.2 Å². The van der Waals surface area contributed by atoms with Gasteiger partial charge in [0, 0.05) is 6.20 Å². The van der Waals surface area contributed by atoms with Crippen molar-refractivity contribution in [3.8, 4) is 0 Å². The van der Waals surface area contributed by atoms with Crippen LogP contribution < -0.4 is 0 Å². The van der Waals surface area contributed by atoms with Gasteiger partial charge >= 0.3 is 0 Å². The van der Waals surface area contributed by atoms with E-state index in [1.54, 1.807) is 0 Å². The summed E-state index contributed by atoms with van der Waals surface area (Å²) in [5.74, 6) is 0. The number of fused-ring (bicyclic) bond motifs is 1. The second-order valence-corrected chi connectivity index (χ2v) is 2.49. The Kier molecular flexibility index (Phi) is 3.52. The Hall–Kier alpha value is -1.11. The molecule has 0 spiro atoms. The Morgan fingerprint density at radius 2 is 2.17 bits per heavy atom. The molecule has 1 heterocycles. The van der Waals surface area contributed by atoms with E-state index in [0.717, 1.165) is 12.1 Å². The van der Waals surface area contributed by atoms with Crippen LogP contribution in [0.3, 0.4) is 0 Å². The average Bonchev–Trinajstić information content (AvgIpc) is 2.21. The maximum Gasteiger partial charge on any atom is 0.0658 e. The van der Waals surface area contributed by atoms with Crippen molar-refractivity contribution in [3.63, 3.8) is 0 Å². The highest BCUT2D eigenvalue weighted by Crippen LogP contribution is 2.15. The van der Waals surface area contributed by atoms with Crippen LogP contribution in [0.2, 0.25) is 0 Å². The zero-order chi connectivity index (χ0) is 8.81. The maximum atomic E-state index is 4.23. The van der Waals surface area contributed by atoms with Crippen LogP contribution in [0.1, 0.15) is 31.5 Å². The Morgan fingerprint density at radius 1 is 1.33 bits per heavy atom. The summed E-state index contributed by atoms with van der Waals surface area (Å²) < 4.78 is 0. The molecule has 1 heteroatoms. The molecule has 0 atom stereocenters. The summed E-state index contributed by atoms with van der Waals surface area (Å²) in [5, 5.41) is 0. The van der Waals surface area contributed by atoms with Gasteiger partial charge in [0.2, 0.25) is 0 Å². The van der Waals surface area contributed by atoms with Crippen LogP contribution in [0, 0.1) is 0 Å². The molecular formula is C11H15N. The van der Waals surface area contributed by atoms with Gasteiger partial charge in [-0.2, -0.15) is 0 Å². The standard InChI is InChI=1S/C9H9N.C2H6/c1-2-6-9-8(4-1)5-3-7-10-9;1-2/h2-3,5-7H,1,4H2;1-2H3. The van der Waals surface area contributed by atoms with E-state index in [1.807, 2.05) is 26.1 Å². The highest BCUT2D eigenvalue weighted by Gasteiger charge is 2.01. The van der Waals surface area contributed by atoms with E-state index < -0.39 is 0 Å². The van der Waals surface area contributed by atoms with E-state index in [0.29, 0.717) is 0 Å². The van der Waals surface area contributed by atoms with Crippen molar-refractivity contribution in [1.82, 2.24) is 4.98 Å². The fourth-order valence-corrected chi connectivity index (χ4v) is 1.25. The molecule has 1 nitrogen and oxygen atoms in total. The first-order valence-electron chi connectivity index (χ1n) is 4.57. The lowest BCUT2D eigenvalue weighted by Crippen LogP contribution is -1.94. The Bertz CT molecular complexity index is 263. The molecule has 64 valence electrons. The van der Waals surface area contributed by atoms with Gasteiger partial charge in [-0.15, -0.1) is 0 Å². The molecule has 0 fully saturated rings. The second-order valence-electron chi connectivity index (χ2n) is 2.49. The smallest absolute Gasteiger partial charge is 0.0658 e. The molecule has 0 unspecified atom stereocenters. The van der Waals surface area contributed by atoms with Crippen molar-refractivity contribution >= 4 is 6.08 Å². The largest absolute Gasteiger partial charge is 0.257 e. The Balaban J connectivity index is 0.000000336. The van der Waals surface area contributed by atoms with Crippen molar-refractivity contribution < 1.29 is 0 Å². The second kappa shape index (κ2) is 4.70. The third-order valence-electron chi connectivity index (χ3n) is 1.78. The van der Waals surface area contributed by atoms with E-state index in [2.05, 4.69) is 23.2 Å². The lowest BCUT2D eigenvalue weighted by atomic mass is 10.0. The van der Waals surface area contributed by atoms with Crippen LogP contribution in [-0.2, 0) is 6.42 Å². The van der Waals surface area contributed by atoms with Crippen molar-refractivity contribution in [3.05, 3.63) is 35.7 Å². The monoisotopic (exact) mass is 161 g/mol. The summed E-state index contributed by atoms with van der Waals surface area (Å²) in [6.07, 6.45) is 8.43. The molecule has 0 saturated heterocycles. The average molecular weight is 161 g/mol. The molecule has 0 bridgehead atoms. The van der Waals surface area contributed by atoms with Crippen molar-refractivity contribution in [1.29, 1.82) is 0 Å². The summed E-state index contributed by atoms with van der Waals surface area (Å²) in [7, 11) is 0. The first-order chi connectivity index (χ1) is 5.97. The van der Waals surface area contributed by atoms with E-state index in [-0.39, 0.29) is 0 Å². The summed E-state index contributed by atoms with van der Waals surface area (Å²) in [5.41, 5.74) is 2.53. The minimum absolute atomic E-state index is 1.15. The third-order valence-corrected chi connectivity index (χ3v) is 1.78. The van der Waals surface area contributed by atoms with E-state index in [4.69, 9.17) is 0 Å². The number of hydrogen-bond donors (Lipinski definition) is 0. The summed E-state index contributed by atoms with van der Waals surface area (Å²) >= 11 is 0. The zero-order valence-electron chi connectivity index (χ0n) is 7.75. The van der Waals surface area contributed by atoms with Gasteiger partial charge in [-0.1, -0.05) is 26.0 Å². The summed E-state index contributed by atoms with van der Waals surface area (Å²) in [4.78, 5) is 4.23. The molecule has 0 amide bonds. The van der Waals surface area contributed by atoms with Gasteiger partial charge in [0.25, 0.3) is 0 Å². The number of aromatic nitrogens is 1. The van der Waals surface area contributed by atoms with Gasteiger partial charge in [0.05, 0.1) is 5.69 Å². The molecule has 0 aliphatic heterocycles. The fraction of sp³-hybridized carbons (Fsp3) is 0.364. The number of aryl methyl sites for hydroxylation is 1. The maximum absolute atomic E-state index is 4.23. The van der Waals surface area contributed by atoms with Gasteiger partial charge in [-0.3, -0.25) is 4.98 Å². The zero-order valence-corrected chi connectivity index (χ0v) is 7.75. The molecular weight excluding hydrogens is 146 g/mol. The SMILES string of the molecule is C1=Cc2ncccc2CC1.CC. The van der Waals surface area contributed by atoms with Gasteiger partial charge in [-0.05, 0) is 30.5 Å². The normalized spacial score (nSPS) is 12.8. The van der Waals surface area contributed by atoms with Crippen LogP contribution in [0.25, 0.3) is 6.08 Å². The molecule has 0 aromatic carbocycles. The highest BCUT2D eigenvalue weighted by atomic mass is 14.7. The lowest BCUT2D eigenvalue weighted by molar-refractivity contribution is 0.964. The van der Waals surface area contributed by atoms with Crippen molar-refractivity contribution in [2.24, 2.45) is 0 Å². The molecule has 2 rings (SSSR count). The third kappa shape index (κ3) is 1.94. The van der Waals surface area contributed by atoms with Gasteiger partial charge < -0.3 is 0 Å². The number of allylic oxidation sites excluding steroid dienone is 1. The van der Waals surface area contributed by atoms with E-state index >= 15 is 0 Å². The van der Waals surface area contributed by atoms with Crippen LogP contribution >= 0.6 is 0 Å². The van der Waals surface area contributed by atoms with E-state index in [1.165, 1.54) is 12.0 Å². The molecule has 1 aromatic heterocycles. The van der Waals surface area contributed by atoms with Gasteiger partial charge in [-0.25, -0.2) is 0 Å². The summed E-state index contributed by atoms with van der Waals surface area (Å²) in [6.45, 7) is 4.00. The quantitative estimate of drug-likeness (QED) is 0.570. The molecule has 0 radical (unpaired) electrons. The van der Waals surface area contributed by atoms with Crippen LogP contribution in [0.5, 0.6) is 0 Å². The van der Waals surface area contributed by atoms with Crippen LogP contribution in [0.15, 0.2) is 24.4 Å². The van der Waals surface area contributed by atoms with E-state index in [9.17, 15) is 0 Å². The first-order valence-corrected chi connectivity index (χ1v) is 4.57. The number of pyridine rings is 1. The topological polar surface area (TPSA) is 12.9 Å². The van der Waals surface area contributed by atoms with Crippen LogP contribution in [0.4, 0.5) is 0 Å². The fourth-order valence-electron chi connectivity index (χ4n) is 1.25. The molecule has 12 heavy (non-hydrogen) atoms. The molecule has 1 aliphatic carbocycles. The molecule has 0 N–H and O–H groups in total. The highest BCUT2D eigenvalue weighted by molar-refractivity contribution is 5.51. The van der Waals surface area contributed by atoms with Crippen molar-refractivity contribution in [2.45, 2.75) is 26.7 Å².